The minimum Gasteiger partial charge on any atom is -0.433 e. The first-order valence-corrected chi connectivity index (χ1v) is 8.40. The molecule has 7 nitrogen and oxygen atoms in total. The molecule has 1 N–H and O–H groups in total. The number of aromatic nitrogens is 4. The molecule has 0 amide bonds. The molecule has 10 heteroatoms. The van der Waals surface area contributed by atoms with Crippen LogP contribution in [0.15, 0.2) is 29.2 Å². The van der Waals surface area contributed by atoms with Gasteiger partial charge in [-0.05, 0) is 18.6 Å². The molecule has 0 radical (unpaired) electrons. The second-order valence-electron chi connectivity index (χ2n) is 5.15. The third kappa shape index (κ3) is 4.27. The van der Waals surface area contributed by atoms with E-state index in [1.807, 2.05) is 6.92 Å². The monoisotopic (exact) mass is 367 g/mol. The number of nitrogens with zero attached hydrogens (tertiary/aromatic N) is 4. The smallest absolute Gasteiger partial charge is 0.387 e. The summed E-state index contributed by atoms with van der Waals surface area (Å²) in [6.45, 7) is -0.531. The Hall–Kier alpha value is -2.62. The van der Waals surface area contributed by atoms with Crippen molar-refractivity contribution >= 4 is 21.4 Å². The van der Waals surface area contributed by atoms with Crippen LogP contribution < -0.4 is 15.6 Å². The largest absolute Gasteiger partial charge is 0.433 e. The third-order valence-electron chi connectivity index (χ3n) is 3.25. The number of anilines is 1. The maximum Gasteiger partial charge on any atom is 0.387 e. The Morgan fingerprint density at radius 3 is 2.88 bits per heavy atom. The molecule has 0 aromatic carbocycles. The Morgan fingerprint density at radius 1 is 1.36 bits per heavy atom. The highest BCUT2D eigenvalue weighted by molar-refractivity contribution is 7.20. The molecule has 0 saturated heterocycles. The summed E-state index contributed by atoms with van der Waals surface area (Å²) in [6.07, 6.45) is 2.87. The summed E-state index contributed by atoms with van der Waals surface area (Å²) < 4.78 is 29.7. The molecule has 0 aliphatic heterocycles. The van der Waals surface area contributed by atoms with Crippen molar-refractivity contribution in [2.75, 3.05) is 5.32 Å². The lowest BCUT2D eigenvalue weighted by atomic mass is 10.2. The lowest BCUT2D eigenvalue weighted by Crippen LogP contribution is -2.15. The highest BCUT2D eigenvalue weighted by atomic mass is 32.1. The Balaban J connectivity index is 1.70. The summed E-state index contributed by atoms with van der Waals surface area (Å²) in [6, 6.07) is 4.47. The number of rotatable bonds is 7. The number of halogens is 2. The highest BCUT2D eigenvalue weighted by Crippen LogP contribution is 2.18. The zero-order valence-electron chi connectivity index (χ0n) is 13.3. The van der Waals surface area contributed by atoms with Crippen LogP contribution in [0.4, 0.5) is 13.9 Å². The van der Waals surface area contributed by atoms with Gasteiger partial charge in [-0.25, -0.2) is 4.98 Å². The molecule has 3 heterocycles. The first kappa shape index (κ1) is 17.2. The van der Waals surface area contributed by atoms with E-state index < -0.39 is 6.61 Å². The van der Waals surface area contributed by atoms with Crippen LogP contribution in [0, 0.1) is 0 Å². The van der Waals surface area contributed by atoms with Gasteiger partial charge < -0.3 is 10.1 Å². The lowest BCUT2D eigenvalue weighted by molar-refractivity contribution is -0.0500. The molecule has 0 saturated carbocycles. The van der Waals surface area contributed by atoms with Crippen LogP contribution in [0.1, 0.15) is 24.7 Å². The molecule has 0 aliphatic rings. The second kappa shape index (κ2) is 7.51. The molecule has 3 aromatic rings. The maximum atomic E-state index is 12.1. The number of ether oxygens (including phenoxy) is 1. The van der Waals surface area contributed by atoms with Gasteiger partial charge in [0.15, 0.2) is 0 Å². The van der Waals surface area contributed by atoms with Gasteiger partial charge in [0.2, 0.25) is 10.1 Å². The second-order valence-corrected chi connectivity index (χ2v) is 6.11. The minimum absolute atomic E-state index is 0.00190. The molecule has 0 spiro atoms. The molecule has 0 bridgehead atoms. The fourth-order valence-corrected chi connectivity index (χ4v) is 2.99. The van der Waals surface area contributed by atoms with E-state index in [9.17, 15) is 13.6 Å². The van der Waals surface area contributed by atoms with Gasteiger partial charge in [-0.2, -0.15) is 13.3 Å². The Labute approximate surface area is 145 Å². The molecule has 3 rings (SSSR count). The molecule has 0 fully saturated rings. The standard InChI is InChI=1S/C15H15F2N5O2S/c1-2-3-9-6-12(23)22-15(20-9)25-14(21-22)19-7-10-4-5-11(8-18-10)24-13(16)17/h4-6,8,13H,2-3,7H2,1H3,(H,19,21). The lowest BCUT2D eigenvalue weighted by Gasteiger charge is -2.05. The number of alkyl halides is 2. The van der Waals surface area contributed by atoms with E-state index in [1.54, 1.807) is 6.07 Å². The van der Waals surface area contributed by atoms with Gasteiger partial charge in [0, 0.05) is 11.8 Å². The topological polar surface area (TPSA) is 81.4 Å². The van der Waals surface area contributed by atoms with Crippen LogP contribution in [0.3, 0.4) is 0 Å². The van der Waals surface area contributed by atoms with Gasteiger partial charge in [0.05, 0.1) is 18.4 Å². The van der Waals surface area contributed by atoms with Crippen molar-refractivity contribution in [1.29, 1.82) is 0 Å². The normalized spacial score (nSPS) is 11.2. The fourth-order valence-electron chi connectivity index (χ4n) is 2.17. The SMILES string of the molecule is CCCc1cc(=O)n2nc(NCc3ccc(OC(F)F)cn3)sc2n1. The summed E-state index contributed by atoms with van der Waals surface area (Å²) in [4.78, 5) is 21.0. The van der Waals surface area contributed by atoms with Gasteiger partial charge >= 0.3 is 6.61 Å². The zero-order valence-corrected chi connectivity index (χ0v) is 14.1. The number of hydrogen-bond acceptors (Lipinski definition) is 7. The predicted molar refractivity (Wildman–Crippen MR) is 89.3 cm³/mol. The zero-order chi connectivity index (χ0) is 17.8. The molecule has 0 unspecified atom stereocenters. The Kier molecular flexibility index (Phi) is 5.17. The van der Waals surface area contributed by atoms with E-state index in [4.69, 9.17) is 0 Å². The first-order chi connectivity index (χ1) is 12.0. The summed E-state index contributed by atoms with van der Waals surface area (Å²) >= 11 is 1.26. The summed E-state index contributed by atoms with van der Waals surface area (Å²) in [5.74, 6) is -0.00190. The van der Waals surface area contributed by atoms with Gasteiger partial charge in [0.1, 0.15) is 5.75 Å². The Bertz CT molecular complexity index is 910. The third-order valence-corrected chi connectivity index (χ3v) is 4.11. The maximum absolute atomic E-state index is 12.1. The summed E-state index contributed by atoms with van der Waals surface area (Å²) in [5.41, 5.74) is 1.15. The van der Waals surface area contributed by atoms with E-state index in [2.05, 4.69) is 25.1 Å². The molecular weight excluding hydrogens is 352 g/mol. The van der Waals surface area contributed by atoms with Crippen molar-refractivity contribution in [2.45, 2.75) is 32.9 Å². The number of nitrogens with one attached hydrogen (secondary N) is 1. The van der Waals surface area contributed by atoms with Gasteiger partial charge in [-0.1, -0.05) is 24.7 Å². The van der Waals surface area contributed by atoms with E-state index >= 15 is 0 Å². The van der Waals surface area contributed by atoms with E-state index in [0.29, 0.717) is 22.3 Å². The van der Waals surface area contributed by atoms with Crippen LogP contribution in [0.2, 0.25) is 0 Å². The van der Waals surface area contributed by atoms with Crippen molar-refractivity contribution in [2.24, 2.45) is 0 Å². The van der Waals surface area contributed by atoms with Crippen LogP contribution in [0.25, 0.3) is 4.96 Å². The van der Waals surface area contributed by atoms with Crippen molar-refractivity contribution < 1.29 is 13.5 Å². The average molecular weight is 367 g/mol. The molecule has 0 atom stereocenters. The van der Waals surface area contributed by atoms with E-state index in [0.717, 1.165) is 18.5 Å². The number of aryl methyl sites for hydroxylation is 1. The molecule has 25 heavy (non-hydrogen) atoms. The summed E-state index contributed by atoms with van der Waals surface area (Å²) in [7, 11) is 0. The fraction of sp³-hybridized carbons (Fsp3) is 0.333. The van der Waals surface area contributed by atoms with Gasteiger partial charge in [-0.15, -0.1) is 5.10 Å². The molecular formula is C15H15F2N5O2S. The average Bonchev–Trinajstić information content (AvgIpc) is 2.98. The van der Waals surface area contributed by atoms with Crippen molar-refractivity contribution in [3.05, 3.63) is 46.1 Å². The van der Waals surface area contributed by atoms with Gasteiger partial charge in [-0.3, -0.25) is 9.78 Å². The van der Waals surface area contributed by atoms with Crippen LogP contribution in [0.5, 0.6) is 5.75 Å². The first-order valence-electron chi connectivity index (χ1n) is 7.58. The Morgan fingerprint density at radius 2 is 2.20 bits per heavy atom. The van der Waals surface area contributed by atoms with Crippen LogP contribution >= 0.6 is 11.3 Å². The predicted octanol–water partition coefficient (Wildman–Crippen LogP) is 2.71. The van der Waals surface area contributed by atoms with Crippen molar-refractivity contribution in [3.63, 3.8) is 0 Å². The van der Waals surface area contributed by atoms with Gasteiger partial charge in [0.25, 0.3) is 5.56 Å². The number of hydrogen-bond donors (Lipinski definition) is 1. The summed E-state index contributed by atoms with van der Waals surface area (Å²) in [5, 5.41) is 7.75. The minimum atomic E-state index is -2.88. The van der Waals surface area contributed by atoms with E-state index in [-0.39, 0.29) is 11.3 Å². The molecule has 132 valence electrons. The quantitative estimate of drug-likeness (QED) is 0.692. The highest BCUT2D eigenvalue weighted by Gasteiger charge is 2.09. The molecule has 0 aliphatic carbocycles. The van der Waals surface area contributed by atoms with Crippen molar-refractivity contribution in [3.8, 4) is 5.75 Å². The molecule has 3 aromatic heterocycles. The van der Waals surface area contributed by atoms with E-state index in [1.165, 1.54) is 34.2 Å². The van der Waals surface area contributed by atoms with Crippen LogP contribution in [-0.2, 0) is 13.0 Å². The van der Waals surface area contributed by atoms with Crippen LogP contribution in [-0.4, -0.2) is 26.2 Å². The number of pyridine rings is 1. The number of fused-ring (bicyclic) bond motifs is 1. The van der Waals surface area contributed by atoms with Crippen molar-refractivity contribution in [1.82, 2.24) is 19.6 Å².